The SMILES string of the molecule is Cc1cccc(C#CC(C)S)c1. The largest absolute Gasteiger partial charge is 0.163 e. The molecule has 1 aromatic carbocycles. The summed E-state index contributed by atoms with van der Waals surface area (Å²) in [5.41, 5.74) is 2.31. The van der Waals surface area contributed by atoms with Crippen LogP contribution in [0.15, 0.2) is 24.3 Å². The van der Waals surface area contributed by atoms with E-state index in [2.05, 4.69) is 43.5 Å². The molecule has 0 heterocycles. The Kier molecular flexibility index (Phi) is 3.25. The second-order valence-corrected chi connectivity index (χ2v) is 3.59. The summed E-state index contributed by atoms with van der Waals surface area (Å²) in [5.74, 6) is 6.06. The third kappa shape index (κ3) is 3.02. The normalized spacial score (nSPS) is 11.6. The summed E-state index contributed by atoms with van der Waals surface area (Å²) in [5, 5.41) is 0.144. The maximum Gasteiger partial charge on any atom is 0.0602 e. The van der Waals surface area contributed by atoms with Crippen molar-refractivity contribution in [2.45, 2.75) is 19.1 Å². The number of aryl methyl sites for hydroxylation is 1. The predicted octanol–water partition coefficient (Wildman–Crippen LogP) is 2.66. The van der Waals surface area contributed by atoms with Crippen LogP contribution in [0.5, 0.6) is 0 Å². The van der Waals surface area contributed by atoms with E-state index in [4.69, 9.17) is 0 Å². The van der Waals surface area contributed by atoms with E-state index in [1.54, 1.807) is 0 Å². The van der Waals surface area contributed by atoms with Crippen LogP contribution in [0, 0.1) is 18.8 Å². The van der Waals surface area contributed by atoms with Gasteiger partial charge in [-0.3, -0.25) is 0 Å². The molecule has 0 nitrogen and oxygen atoms in total. The molecule has 1 atom stereocenters. The molecule has 62 valence electrons. The number of benzene rings is 1. The second-order valence-electron chi connectivity index (χ2n) is 2.81. The van der Waals surface area contributed by atoms with Gasteiger partial charge in [-0.2, -0.15) is 12.6 Å². The van der Waals surface area contributed by atoms with Crippen molar-refractivity contribution in [3.63, 3.8) is 0 Å². The van der Waals surface area contributed by atoms with Gasteiger partial charge in [0.1, 0.15) is 0 Å². The summed E-state index contributed by atoms with van der Waals surface area (Å²) >= 11 is 4.18. The van der Waals surface area contributed by atoms with Crippen molar-refractivity contribution in [2.75, 3.05) is 0 Å². The Hall–Kier alpha value is -0.870. The minimum atomic E-state index is 0.144. The first kappa shape index (κ1) is 9.22. The summed E-state index contributed by atoms with van der Waals surface area (Å²) in [6, 6.07) is 8.16. The van der Waals surface area contributed by atoms with E-state index in [9.17, 15) is 0 Å². The van der Waals surface area contributed by atoms with Gasteiger partial charge in [-0.15, -0.1) is 0 Å². The highest BCUT2D eigenvalue weighted by Gasteiger charge is 1.87. The third-order valence-corrected chi connectivity index (χ3v) is 1.57. The van der Waals surface area contributed by atoms with E-state index in [-0.39, 0.29) is 5.25 Å². The molecule has 1 unspecified atom stereocenters. The van der Waals surface area contributed by atoms with Gasteiger partial charge < -0.3 is 0 Å². The fraction of sp³-hybridized carbons (Fsp3) is 0.273. The van der Waals surface area contributed by atoms with Crippen LogP contribution in [-0.2, 0) is 0 Å². The molecule has 0 aliphatic carbocycles. The van der Waals surface area contributed by atoms with E-state index in [1.165, 1.54) is 5.56 Å². The van der Waals surface area contributed by atoms with Crippen molar-refractivity contribution in [3.05, 3.63) is 35.4 Å². The summed E-state index contributed by atoms with van der Waals surface area (Å²) in [6.45, 7) is 4.03. The first-order valence-corrected chi connectivity index (χ1v) is 4.46. The molecule has 0 saturated carbocycles. The van der Waals surface area contributed by atoms with Crippen LogP contribution in [0.1, 0.15) is 18.1 Å². The smallest absolute Gasteiger partial charge is 0.0602 e. The molecule has 0 fully saturated rings. The highest BCUT2D eigenvalue weighted by molar-refractivity contribution is 7.81. The van der Waals surface area contributed by atoms with Gasteiger partial charge >= 0.3 is 0 Å². The Morgan fingerprint density at radius 3 is 2.75 bits per heavy atom. The van der Waals surface area contributed by atoms with Gasteiger partial charge in [0.2, 0.25) is 0 Å². The van der Waals surface area contributed by atoms with Gasteiger partial charge in [0.15, 0.2) is 0 Å². The van der Waals surface area contributed by atoms with Crippen LogP contribution in [0.2, 0.25) is 0 Å². The molecule has 0 aliphatic heterocycles. The van der Waals surface area contributed by atoms with Crippen LogP contribution >= 0.6 is 12.6 Å². The molecule has 0 aliphatic rings. The van der Waals surface area contributed by atoms with E-state index < -0.39 is 0 Å². The number of rotatable bonds is 0. The average Bonchev–Trinajstić information content (AvgIpc) is 2.01. The highest BCUT2D eigenvalue weighted by atomic mass is 32.1. The molecule has 1 rings (SSSR count). The van der Waals surface area contributed by atoms with Crippen LogP contribution < -0.4 is 0 Å². The molecular weight excluding hydrogens is 164 g/mol. The topological polar surface area (TPSA) is 0 Å². The summed E-state index contributed by atoms with van der Waals surface area (Å²) in [4.78, 5) is 0. The molecule has 1 aromatic rings. The number of hydrogen-bond acceptors (Lipinski definition) is 1. The van der Waals surface area contributed by atoms with Crippen molar-refractivity contribution in [2.24, 2.45) is 0 Å². The zero-order valence-electron chi connectivity index (χ0n) is 7.33. The van der Waals surface area contributed by atoms with Crippen molar-refractivity contribution in [1.29, 1.82) is 0 Å². The zero-order chi connectivity index (χ0) is 8.97. The highest BCUT2D eigenvalue weighted by Crippen LogP contribution is 2.02. The maximum absolute atomic E-state index is 4.18. The molecule has 0 saturated heterocycles. The first-order valence-electron chi connectivity index (χ1n) is 3.95. The Morgan fingerprint density at radius 2 is 2.17 bits per heavy atom. The number of thiol groups is 1. The fourth-order valence-corrected chi connectivity index (χ4v) is 0.975. The quantitative estimate of drug-likeness (QED) is 0.456. The standard InChI is InChI=1S/C11H12S/c1-9-4-3-5-11(8-9)7-6-10(2)12/h3-5,8,10,12H,1-2H3. The lowest BCUT2D eigenvalue weighted by molar-refractivity contribution is 1.31. The van der Waals surface area contributed by atoms with E-state index >= 15 is 0 Å². The summed E-state index contributed by atoms with van der Waals surface area (Å²) in [7, 11) is 0. The summed E-state index contributed by atoms with van der Waals surface area (Å²) in [6.07, 6.45) is 0. The monoisotopic (exact) mass is 176 g/mol. The van der Waals surface area contributed by atoms with Gasteiger partial charge in [-0.05, 0) is 31.5 Å². The predicted molar refractivity (Wildman–Crippen MR) is 56.5 cm³/mol. The van der Waals surface area contributed by atoms with Crippen LogP contribution in [0.4, 0.5) is 0 Å². The fourth-order valence-electron chi connectivity index (χ4n) is 0.911. The van der Waals surface area contributed by atoms with Gasteiger partial charge in [0, 0.05) is 5.56 Å². The first-order chi connectivity index (χ1) is 5.68. The Labute approximate surface area is 79.4 Å². The molecule has 0 aromatic heterocycles. The van der Waals surface area contributed by atoms with Crippen LogP contribution in [0.3, 0.4) is 0 Å². The number of hydrogen-bond donors (Lipinski definition) is 1. The second kappa shape index (κ2) is 4.23. The lowest BCUT2D eigenvalue weighted by Gasteiger charge is -1.92. The molecule has 0 amide bonds. The van der Waals surface area contributed by atoms with Gasteiger partial charge in [0.05, 0.1) is 5.25 Å². The van der Waals surface area contributed by atoms with E-state index in [1.807, 2.05) is 19.1 Å². The zero-order valence-corrected chi connectivity index (χ0v) is 8.23. The van der Waals surface area contributed by atoms with Gasteiger partial charge in [-0.1, -0.05) is 24.0 Å². The van der Waals surface area contributed by atoms with Crippen molar-refractivity contribution < 1.29 is 0 Å². The summed E-state index contributed by atoms with van der Waals surface area (Å²) < 4.78 is 0. The molecule has 0 N–H and O–H groups in total. The van der Waals surface area contributed by atoms with Crippen molar-refractivity contribution in [1.82, 2.24) is 0 Å². The molecule has 12 heavy (non-hydrogen) atoms. The third-order valence-electron chi connectivity index (χ3n) is 1.44. The molecule has 0 radical (unpaired) electrons. The lowest BCUT2D eigenvalue weighted by Crippen LogP contribution is -1.83. The maximum atomic E-state index is 4.18. The van der Waals surface area contributed by atoms with Crippen LogP contribution in [-0.4, -0.2) is 5.25 Å². The molecule has 1 heteroatoms. The average molecular weight is 176 g/mol. The van der Waals surface area contributed by atoms with E-state index in [0.29, 0.717) is 0 Å². The van der Waals surface area contributed by atoms with E-state index in [0.717, 1.165) is 5.56 Å². The Balaban J connectivity index is 2.85. The minimum Gasteiger partial charge on any atom is -0.163 e. The Bertz CT molecular complexity index is 315. The van der Waals surface area contributed by atoms with Crippen LogP contribution in [0.25, 0.3) is 0 Å². The molecule has 0 bridgehead atoms. The Morgan fingerprint density at radius 1 is 1.42 bits per heavy atom. The molecule has 0 spiro atoms. The minimum absolute atomic E-state index is 0.144. The van der Waals surface area contributed by atoms with Gasteiger partial charge in [0.25, 0.3) is 0 Å². The van der Waals surface area contributed by atoms with Crippen molar-refractivity contribution >= 4 is 12.6 Å². The lowest BCUT2D eigenvalue weighted by atomic mass is 10.1. The van der Waals surface area contributed by atoms with Gasteiger partial charge in [-0.25, -0.2) is 0 Å². The molecular formula is C11H12S. The van der Waals surface area contributed by atoms with Crippen molar-refractivity contribution in [3.8, 4) is 11.8 Å².